The number of rotatable bonds is 1. The van der Waals surface area contributed by atoms with E-state index in [0.717, 1.165) is 0 Å². The highest BCUT2D eigenvalue weighted by atomic mass is 32.2. The van der Waals surface area contributed by atoms with Gasteiger partial charge in [-0.15, -0.1) is 0 Å². The number of nitrogens with one attached hydrogen (secondary N) is 1. The van der Waals surface area contributed by atoms with Crippen molar-refractivity contribution < 1.29 is 13.2 Å². The SMILES string of the molecule is CC(C)(C)OC(=S)N[C@]1(C)CCS(=O)(=O)C1. The third-order valence-corrected chi connectivity index (χ3v) is 4.39. The van der Waals surface area contributed by atoms with Crippen LogP contribution in [0.2, 0.25) is 0 Å². The normalized spacial score (nSPS) is 28.8. The standard InChI is InChI=1S/C10H19NO3S2/c1-9(2,3)14-8(15)11-10(4)5-6-16(12,13)7-10/h5-7H2,1-4H3,(H,11,15)/t10-/m1/s1. The maximum atomic E-state index is 11.4. The lowest BCUT2D eigenvalue weighted by Gasteiger charge is -2.29. The number of ether oxygens (including phenoxy) is 1. The fourth-order valence-corrected chi connectivity index (χ4v) is 4.25. The van der Waals surface area contributed by atoms with Crippen molar-refractivity contribution in [2.75, 3.05) is 11.5 Å². The molecule has 1 saturated heterocycles. The molecule has 1 atom stereocenters. The summed E-state index contributed by atoms with van der Waals surface area (Å²) < 4.78 is 28.2. The van der Waals surface area contributed by atoms with Gasteiger partial charge in [0.2, 0.25) is 0 Å². The maximum absolute atomic E-state index is 11.4. The average molecular weight is 265 g/mol. The summed E-state index contributed by atoms with van der Waals surface area (Å²) in [6.07, 6.45) is 0.572. The molecule has 6 heteroatoms. The van der Waals surface area contributed by atoms with Gasteiger partial charge in [0.1, 0.15) is 5.60 Å². The molecule has 0 amide bonds. The summed E-state index contributed by atoms with van der Waals surface area (Å²) in [5.41, 5.74) is -0.848. The van der Waals surface area contributed by atoms with Crippen LogP contribution in [0.15, 0.2) is 0 Å². The van der Waals surface area contributed by atoms with Crippen molar-refractivity contribution in [3.8, 4) is 0 Å². The van der Waals surface area contributed by atoms with Gasteiger partial charge in [0.05, 0.1) is 17.0 Å². The molecule has 1 fully saturated rings. The second-order valence-electron chi connectivity index (χ2n) is 5.53. The summed E-state index contributed by atoms with van der Waals surface area (Å²) in [7, 11) is -2.92. The molecule has 1 N–H and O–H groups in total. The van der Waals surface area contributed by atoms with Crippen LogP contribution >= 0.6 is 12.2 Å². The molecule has 1 rings (SSSR count). The van der Waals surface area contributed by atoms with Crippen LogP contribution in [0, 0.1) is 0 Å². The summed E-state index contributed by atoms with van der Waals surface area (Å²) >= 11 is 5.06. The monoisotopic (exact) mass is 265 g/mol. The van der Waals surface area contributed by atoms with Crippen molar-refractivity contribution in [1.29, 1.82) is 0 Å². The van der Waals surface area contributed by atoms with Gasteiger partial charge in [-0.05, 0) is 46.3 Å². The first-order valence-electron chi connectivity index (χ1n) is 5.23. The Kier molecular flexibility index (Phi) is 3.55. The van der Waals surface area contributed by atoms with Gasteiger partial charge in [0.15, 0.2) is 9.84 Å². The Morgan fingerprint density at radius 2 is 2.00 bits per heavy atom. The molecule has 0 bridgehead atoms. The smallest absolute Gasteiger partial charge is 0.257 e. The molecule has 0 aliphatic carbocycles. The minimum atomic E-state index is -2.92. The van der Waals surface area contributed by atoms with Gasteiger partial charge in [-0.25, -0.2) is 8.42 Å². The molecule has 0 saturated carbocycles. The Balaban J connectivity index is 2.59. The predicted molar refractivity (Wildman–Crippen MR) is 68.2 cm³/mol. The quantitative estimate of drug-likeness (QED) is 0.723. The lowest BCUT2D eigenvalue weighted by molar-refractivity contribution is 0.110. The topological polar surface area (TPSA) is 55.4 Å². The molecule has 0 radical (unpaired) electrons. The van der Waals surface area contributed by atoms with E-state index in [2.05, 4.69) is 5.32 Å². The molecule has 4 nitrogen and oxygen atoms in total. The van der Waals surface area contributed by atoms with Crippen LogP contribution in [0.1, 0.15) is 34.1 Å². The molecule has 1 heterocycles. The van der Waals surface area contributed by atoms with Crippen molar-refractivity contribution in [3.05, 3.63) is 0 Å². The van der Waals surface area contributed by atoms with Crippen LogP contribution in [-0.2, 0) is 14.6 Å². The Morgan fingerprint density at radius 3 is 2.38 bits per heavy atom. The van der Waals surface area contributed by atoms with E-state index in [1.165, 1.54) is 0 Å². The van der Waals surface area contributed by atoms with E-state index in [1.807, 2.05) is 27.7 Å². The summed E-state index contributed by atoms with van der Waals surface area (Å²) in [4.78, 5) is 0. The first-order chi connectivity index (χ1) is 7.02. The molecule has 0 unspecified atom stereocenters. The van der Waals surface area contributed by atoms with E-state index in [0.29, 0.717) is 6.42 Å². The van der Waals surface area contributed by atoms with Crippen LogP contribution in [0.3, 0.4) is 0 Å². The number of sulfone groups is 1. The number of hydrogen-bond donors (Lipinski definition) is 1. The minimum absolute atomic E-state index is 0.119. The molecule has 16 heavy (non-hydrogen) atoms. The van der Waals surface area contributed by atoms with E-state index >= 15 is 0 Å². The van der Waals surface area contributed by atoms with E-state index in [4.69, 9.17) is 17.0 Å². The lowest BCUT2D eigenvalue weighted by atomic mass is 10.0. The van der Waals surface area contributed by atoms with E-state index in [9.17, 15) is 8.42 Å². The Morgan fingerprint density at radius 1 is 1.44 bits per heavy atom. The molecule has 94 valence electrons. The zero-order valence-electron chi connectivity index (χ0n) is 10.2. The highest BCUT2D eigenvalue weighted by Crippen LogP contribution is 2.23. The molecule has 1 aliphatic rings. The van der Waals surface area contributed by atoms with Gasteiger partial charge in [0.25, 0.3) is 5.17 Å². The largest absolute Gasteiger partial charge is 0.465 e. The fraction of sp³-hybridized carbons (Fsp3) is 0.900. The van der Waals surface area contributed by atoms with Gasteiger partial charge in [-0.3, -0.25) is 0 Å². The van der Waals surface area contributed by atoms with Crippen LogP contribution < -0.4 is 5.32 Å². The summed E-state index contributed by atoms with van der Waals surface area (Å²) in [6.45, 7) is 7.55. The highest BCUT2D eigenvalue weighted by Gasteiger charge is 2.39. The minimum Gasteiger partial charge on any atom is -0.465 e. The maximum Gasteiger partial charge on any atom is 0.257 e. The zero-order valence-corrected chi connectivity index (χ0v) is 11.8. The summed E-state index contributed by atoms with van der Waals surface area (Å²) in [5, 5.41) is 3.27. The molecular formula is C10H19NO3S2. The Hall–Kier alpha value is -0.360. The number of thiocarbonyl (C=S) groups is 1. The van der Waals surface area contributed by atoms with E-state index in [-0.39, 0.29) is 22.3 Å². The zero-order chi connectivity index (χ0) is 12.6. The third kappa shape index (κ3) is 4.25. The average Bonchev–Trinajstić information content (AvgIpc) is 2.19. The first kappa shape index (κ1) is 13.7. The Bertz CT molecular complexity index is 383. The fourth-order valence-electron chi connectivity index (χ4n) is 1.66. The van der Waals surface area contributed by atoms with Gasteiger partial charge < -0.3 is 10.1 Å². The predicted octanol–water partition coefficient (Wildman–Crippen LogP) is 1.25. The van der Waals surface area contributed by atoms with Crippen molar-refractivity contribution in [2.45, 2.75) is 45.3 Å². The summed E-state index contributed by atoms with van der Waals surface area (Å²) in [5.74, 6) is 0.336. The second-order valence-corrected chi connectivity index (χ2v) is 8.08. The van der Waals surface area contributed by atoms with E-state index < -0.39 is 15.4 Å². The van der Waals surface area contributed by atoms with Crippen molar-refractivity contribution in [2.24, 2.45) is 0 Å². The molecule has 0 aromatic rings. The van der Waals surface area contributed by atoms with Gasteiger partial charge in [0, 0.05) is 0 Å². The number of hydrogen-bond acceptors (Lipinski definition) is 4. The van der Waals surface area contributed by atoms with E-state index in [1.54, 1.807) is 0 Å². The molecular weight excluding hydrogens is 246 g/mol. The van der Waals surface area contributed by atoms with Crippen molar-refractivity contribution >= 4 is 27.2 Å². The van der Waals surface area contributed by atoms with Gasteiger partial charge in [-0.2, -0.15) is 0 Å². The van der Waals surface area contributed by atoms with Crippen LogP contribution in [-0.4, -0.2) is 36.2 Å². The van der Waals surface area contributed by atoms with Gasteiger partial charge >= 0.3 is 0 Å². The lowest BCUT2D eigenvalue weighted by Crippen LogP contribution is -2.48. The van der Waals surface area contributed by atoms with Gasteiger partial charge in [-0.1, -0.05) is 0 Å². The molecule has 0 spiro atoms. The van der Waals surface area contributed by atoms with Crippen molar-refractivity contribution in [3.63, 3.8) is 0 Å². The van der Waals surface area contributed by atoms with Crippen molar-refractivity contribution in [1.82, 2.24) is 5.32 Å². The van der Waals surface area contributed by atoms with Crippen LogP contribution in [0.25, 0.3) is 0 Å². The van der Waals surface area contributed by atoms with Crippen LogP contribution in [0.5, 0.6) is 0 Å². The molecule has 0 aromatic heterocycles. The van der Waals surface area contributed by atoms with Crippen LogP contribution in [0.4, 0.5) is 0 Å². The third-order valence-electron chi connectivity index (χ3n) is 2.31. The highest BCUT2D eigenvalue weighted by molar-refractivity contribution is 7.91. The summed E-state index contributed by atoms with van der Waals surface area (Å²) in [6, 6.07) is 0. The first-order valence-corrected chi connectivity index (χ1v) is 7.46. The Labute approximate surface area is 103 Å². The molecule has 1 aliphatic heterocycles. The second kappa shape index (κ2) is 4.14. The molecule has 0 aromatic carbocycles.